The summed E-state index contributed by atoms with van der Waals surface area (Å²) in [6.07, 6.45) is 4.17. The number of likely N-dealkylation sites (tertiary alicyclic amines) is 1. The summed E-state index contributed by atoms with van der Waals surface area (Å²) in [5.74, 6) is -0.0538. The van der Waals surface area contributed by atoms with Gasteiger partial charge in [0.1, 0.15) is 15.2 Å². The molecule has 0 aromatic carbocycles. The van der Waals surface area contributed by atoms with Crippen LogP contribution in [0.15, 0.2) is 12.4 Å². The van der Waals surface area contributed by atoms with Gasteiger partial charge in [0.15, 0.2) is 0 Å². The monoisotopic (exact) mass is 278 g/mol. The van der Waals surface area contributed by atoms with Crippen LogP contribution >= 0.6 is 11.3 Å². The van der Waals surface area contributed by atoms with Crippen molar-refractivity contribution in [3.8, 4) is 0 Å². The highest BCUT2D eigenvalue weighted by Gasteiger charge is 2.29. The molecule has 100 valence electrons. The van der Waals surface area contributed by atoms with Crippen LogP contribution in [-0.2, 0) is 4.74 Å². The van der Waals surface area contributed by atoms with Gasteiger partial charge < -0.3 is 15.4 Å². The van der Waals surface area contributed by atoms with Crippen LogP contribution in [-0.4, -0.2) is 47.1 Å². The molecule has 1 aliphatic heterocycles. The number of carbonyl (C=O) groups excluding carboxylic acids is 1. The van der Waals surface area contributed by atoms with E-state index >= 15 is 0 Å². The molecule has 1 amide bonds. The van der Waals surface area contributed by atoms with E-state index in [0.29, 0.717) is 34.0 Å². The van der Waals surface area contributed by atoms with Crippen LogP contribution in [0.4, 0.5) is 5.69 Å². The van der Waals surface area contributed by atoms with Gasteiger partial charge in [0.05, 0.1) is 11.8 Å². The summed E-state index contributed by atoms with van der Waals surface area (Å²) < 4.78 is 5.27. The first-order valence-electron chi connectivity index (χ1n) is 6.01. The molecule has 1 saturated heterocycles. The van der Waals surface area contributed by atoms with Crippen molar-refractivity contribution in [1.82, 2.24) is 14.9 Å². The number of rotatable bonds is 2. The molecule has 2 aromatic heterocycles. The number of hydrogen-bond acceptors (Lipinski definition) is 6. The first kappa shape index (κ1) is 12.3. The van der Waals surface area contributed by atoms with Gasteiger partial charge in [0.25, 0.3) is 5.91 Å². The lowest BCUT2D eigenvalue weighted by Crippen LogP contribution is -2.29. The van der Waals surface area contributed by atoms with E-state index in [0.717, 1.165) is 6.42 Å². The highest BCUT2D eigenvalue weighted by atomic mass is 32.1. The smallest absolute Gasteiger partial charge is 0.266 e. The van der Waals surface area contributed by atoms with E-state index in [1.54, 1.807) is 24.4 Å². The molecule has 0 saturated carbocycles. The molecule has 1 unspecified atom stereocenters. The second kappa shape index (κ2) is 4.75. The number of amides is 1. The lowest BCUT2D eigenvalue weighted by molar-refractivity contribution is 0.0729. The minimum absolute atomic E-state index is 0.0538. The Labute approximate surface area is 114 Å². The minimum Gasteiger partial charge on any atom is -0.396 e. The third-order valence-corrected chi connectivity index (χ3v) is 4.41. The topological polar surface area (TPSA) is 81.3 Å². The number of nitrogens with zero attached hydrogens (tertiary/aromatic N) is 3. The van der Waals surface area contributed by atoms with Gasteiger partial charge in [-0.3, -0.25) is 4.79 Å². The molecule has 1 atom stereocenters. The number of carbonyl (C=O) groups is 1. The van der Waals surface area contributed by atoms with Crippen LogP contribution in [0.2, 0.25) is 0 Å². The summed E-state index contributed by atoms with van der Waals surface area (Å²) in [4.78, 5) is 23.8. The van der Waals surface area contributed by atoms with E-state index in [4.69, 9.17) is 10.5 Å². The van der Waals surface area contributed by atoms with E-state index in [1.165, 1.54) is 11.3 Å². The highest BCUT2D eigenvalue weighted by molar-refractivity contribution is 7.21. The summed E-state index contributed by atoms with van der Waals surface area (Å²) in [7, 11) is 1.67. The average molecular weight is 278 g/mol. The Hall–Kier alpha value is -1.73. The number of nitrogen functional groups attached to an aromatic ring is 1. The van der Waals surface area contributed by atoms with E-state index in [-0.39, 0.29) is 12.0 Å². The van der Waals surface area contributed by atoms with Crippen molar-refractivity contribution in [3.63, 3.8) is 0 Å². The fraction of sp³-hybridized carbons (Fsp3) is 0.417. The molecule has 2 aromatic rings. The average Bonchev–Trinajstić information content (AvgIpc) is 3.04. The zero-order valence-electron chi connectivity index (χ0n) is 10.5. The molecule has 7 heteroatoms. The Morgan fingerprint density at radius 3 is 3.00 bits per heavy atom. The largest absolute Gasteiger partial charge is 0.396 e. The molecule has 1 fully saturated rings. The van der Waals surface area contributed by atoms with Crippen molar-refractivity contribution in [2.45, 2.75) is 12.5 Å². The first-order chi connectivity index (χ1) is 9.20. The van der Waals surface area contributed by atoms with Crippen LogP contribution in [0.5, 0.6) is 0 Å². The lowest BCUT2D eigenvalue weighted by atomic mass is 10.3. The van der Waals surface area contributed by atoms with Gasteiger partial charge in [0.2, 0.25) is 0 Å². The maximum Gasteiger partial charge on any atom is 0.266 e. The number of nitrogens with two attached hydrogens (primary N) is 1. The molecule has 0 bridgehead atoms. The number of thiophene rings is 1. The Balaban J connectivity index is 1.92. The van der Waals surface area contributed by atoms with Gasteiger partial charge in [-0.05, 0) is 6.42 Å². The molecule has 0 spiro atoms. The van der Waals surface area contributed by atoms with Crippen LogP contribution in [0.25, 0.3) is 10.3 Å². The zero-order chi connectivity index (χ0) is 13.4. The van der Waals surface area contributed by atoms with Gasteiger partial charge >= 0.3 is 0 Å². The number of aromatic nitrogens is 2. The van der Waals surface area contributed by atoms with Gasteiger partial charge in [-0.1, -0.05) is 0 Å². The minimum atomic E-state index is -0.0538. The molecule has 2 N–H and O–H groups in total. The molecule has 0 aliphatic carbocycles. The van der Waals surface area contributed by atoms with Crippen molar-refractivity contribution in [3.05, 3.63) is 17.3 Å². The fourth-order valence-corrected chi connectivity index (χ4v) is 3.24. The van der Waals surface area contributed by atoms with Crippen LogP contribution < -0.4 is 5.73 Å². The summed E-state index contributed by atoms with van der Waals surface area (Å²) in [5.41, 5.74) is 7.04. The van der Waals surface area contributed by atoms with Crippen LogP contribution in [0, 0.1) is 0 Å². The van der Waals surface area contributed by atoms with Crippen molar-refractivity contribution in [2.75, 3.05) is 25.9 Å². The molecular formula is C12H14N4O2S. The standard InChI is InChI=1S/C12H14N4O2S/c1-18-7-2-5-16(6-7)12(17)10-8(13)9-11(19-10)15-4-3-14-9/h3-4,7H,2,5-6,13H2,1H3. The van der Waals surface area contributed by atoms with Crippen LogP contribution in [0.3, 0.4) is 0 Å². The molecule has 1 aliphatic rings. The number of hydrogen-bond donors (Lipinski definition) is 1. The second-order valence-electron chi connectivity index (χ2n) is 4.45. The van der Waals surface area contributed by atoms with Gasteiger partial charge in [-0.25, -0.2) is 9.97 Å². The summed E-state index contributed by atoms with van der Waals surface area (Å²) in [5, 5.41) is 0. The van der Waals surface area contributed by atoms with Crippen LogP contribution in [0.1, 0.15) is 16.1 Å². The number of ether oxygens (including phenoxy) is 1. The first-order valence-corrected chi connectivity index (χ1v) is 6.83. The third-order valence-electron chi connectivity index (χ3n) is 3.32. The van der Waals surface area contributed by atoms with Crippen molar-refractivity contribution in [2.24, 2.45) is 0 Å². The molecule has 6 nitrogen and oxygen atoms in total. The lowest BCUT2D eigenvalue weighted by Gasteiger charge is -2.15. The highest BCUT2D eigenvalue weighted by Crippen LogP contribution is 2.32. The van der Waals surface area contributed by atoms with E-state index in [9.17, 15) is 4.79 Å². The molecule has 3 rings (SSSR count). The molecular weight excluding hydrogens is 264 g/mol. The molecule has 0 radical (unpaired) electrons. The SMILES string of the molecule is COC1CCN(C(=O)c2sc3nccnc3c2N)C1. The predicted molar refractivity (Wildman–Crippen MR) is 73.1 cm³/mol. The van der Waals surface area contributed by atoms with Gasteiger partial charge in [0, 0.05) is 32.6 Å². The van der Waals surface area contributed by atoms with Crippen molar-refractivity contribution in [1.29, 1.82) is 0 Å². The normalized spacial score (nSPS) is 19.2. The molecule has 19 heavy (non-hydrogen) atoms. The number of fused-ring (bicyclic) bond motifs is 1. The van der Waals surface area contributed by atoms with E-state index in [1.807, 2.05) is 0 Å². The van der Waals surface area contributed by atoms with Crippen molar-refractivity contribution < 1.29 is 9.53 Å². The van der Waals surface area contributed by atoms with E-state index < -0.39 is 0 Å². The molecule has 3 heterocycles. The van der Waals surface area contributed by atoms with Gasteiger partial charge in [-0.15, -0.1) is 11.3 Å². The van der Waals surface area contributed by atoms with E-state index in [2.05, 4.69) is 9.97 Å². The second-order valence-corrected chi connectivity index (χ2v) is 5.45. The Morgan fingerprint density at radius 1 is 1.53 bits per heavy atom. The maximum absolute atomic E-state index is 12.4. The summed E-state index contributed by atoms with van der Waals surface area (Å²) in [6.45, 7) is 1.32. The van der Waals surface area contributed by atoms with Crippen molar-refractivity contribution >= 4 is 33.3 Å². The number of anilines is 1. The third kappa shape index (κ3) is 2.04. The Morgan fingerprint density at radius 2 is 2.32 bits per heavy atom. The Kier molecular flexibility index (Phi) is 3.08. The quantitative estimate of drug-likeness (QED) is 0.890. The number of methoxy groups -OCH3 is 1. The summed E-state index contributed by atoms with van der Waals surface area (Å²) >= 11 is 1.30. The Bertz CT molecular complexity index is 627. The maximum atomic E-state index is 12.4. The predicted octanol–water partition coefficient (Wildman–Crippen LogP) is 1.13. The van der Waals surface area contributed by atoms with Gasteiger partial charge in [-0.2, -0.15) is 0 Å². The summed E-state index contributed by atoms with van der Waals surface area (Å²) in [6, 6.07) is 0. The zero-order valence-corrected chi connectivity index (χ0v) is 11.3. The fourth-order valence-electron chi connectivity index (χ4n) is 2.25.